The van der Waals surface area contributed by atoms with Crippen LogP contribution in [0, 0.1) is 6.07 Å². The molecule has 1 aliphatic carbocycles. The van der Waals surface area contributed by atoms with Crippen LogP contribution in [0.1, 0.15) is 23.3 Å². The molecule has 1 fully saturated rings. The van der Waals surface area contributed by atoms with Gasteiger partial charge in [0.25, 0.3) is 5.91 Å². The maximum atomic E-state index is 11.7. The number of nitrogens with zero attached hydrogens (tertiary/aromatic N) is 1. The Morgan fingerprint density at radius 1 is 1.41 bits per heavy atom. The van der Waals surface area contributed by atoms with Crippen molar-refractivity contribution in [2.75, 3.05) is 0 Å². The van der Waals surface area contributed by atoms with E-state index in [9.17, 15) is 4.79 Å². The summed E-state index contributed by atoms with van der Waals surface area (Å²) in [6.07, 6.45) is 3.80. The molecule has 0 bridgehead atoms. The van der Waals surface area contributed by atoms with Crippen LogP contribution in [-0.2, 0) is 0 Å². The van der Waals surface area contributed by atoms with E-state index >= 15 is 0 Å². The molecule has 1 aromatic heterocycles. The quantitative estimate of drug-likeness (QED) is 0.838. The van der Waals surface area contributed by atoms with E-state index in [0.29, 0.717) is 17.6 Å². The van der Waals surface area contributed by atoms with Crippen molar-refractivity contribution in [2.24, 2.45) is 0 Å². The summed E-state index contributed by atoms with van der Waals surface area (Å²) in [5, 5.41) is 2.91. The molecule has 4 heteroatoms. The number of rotatable bonds is 3. The number of benzene rings is 1. The third-order valence-electron chi connectivity index (χ3n) is 2.71. The van der Waals surface area contributed by atoms with Gasteiger partial charge in [-0.1, -0.05) is 24.3 Å². The van der Waals surface area contributed by atoms with Crippen LogP contribution >= 0.6 is 0 Å². The molecule has 2 N–H and O–H groups in total. The average molecular weight is 226 g/mol. The number of aromatic amines is 1. The first-order valence-corrected chi connectivity index (χ1v) is 5.66. The largest absolute Gasteiger partial charge is 0.348 e. The van der Waals surface area contributed by atoms with Crippen molar-refractivity contribution in [2.45, 2.75) is 18.9 Å². The Labute approximate surface area is 99.1 Å². The first-order chi connectivity index (χ1) is 8.33. The van der Waals surface area contributed by atoms with Crippen LogP contribution in [0.2, 0.25) is 0 Å². The predicted molar refractivity (Wildman–Crippen MR) is 63.3 cm³/mol. The van der Waals surface area contributed by atoms with Crippen LogP contribution in [0.5, 0.6) is 0 Å². The molecule has 4 nitrogen and oxygen atoms in total. The maximum absolute atomic E-state index is 11.7. The van der Waals surface area contributed by atoms with Gasteiger partial charge in [-0.15, -0.1) is 0 Å². The maximum Gasteiger partial charge on any atom is 0.271 e. The van der Waals surface area contributed by atoms with Gasteiger partial charge in [0.2, 0.25) is 0 Å². The van der Waals surface area contributed by atoms with E-state index in [-0.39, 0.29) is 5.91 Å². The Bertz CT molecular complexity index is 529. The fourth-order valence-corrected chi connectivity index (χ4v) is 1.62. The molecule has 0 saturated heterocycles. The Morgan fingerprint density at radius 2 is 2.18 bits per heavy atom. The minimum Gasteiger partial charge on any atom is -0.348 e. The Kier molecular flexibility index (Phi) is 2.40. The molecule has 85 valence electrons. The Hall–Kier alpha value is -2.10. The minimum absolute atomic E-state index is 0.0995. The first-order valence-electron chi connectivity index (χ1n) is 5.66. The van der Waals surface area contributed by atoms with Crippen molar-refractivity contribution in [1.82, 2.24) is 15.3 Å². The van der Waals surface area contributed by atoms with Gasteiger partial charge in [-0.2, -0.15) is 0 Å². The number of hydrogen-bond acceptors (Lipinski definition) is 2. The highest BCUT2D eigenvalue weighted by atomic mass is 16.2. The fraction of sp³-hybridized carbons (Fsp3) is 0.231. The zero-order chi connectivity index (χ0) is 11.7. The van der Waals surface area contributed by atoms with Gasteiger partial charge in [-0.25, -0.2) is 4.98 Å². The molecule has 0 unspecified atom stereocenters. The van der Waals surface area contributed by atoms with Gasteiger partial charge in [0.15, 0.2) is 0 Å². The normalized spacial score (nSPS) is 14.6. The van der Waals surface area contributed by atoms with E-state index in [1.54, 1.807) is 6.20 Å². The molecule has 2 aromatic rings. The van der Waals surface area contributed by atoms with Crippen molar-refractivity contribution in [3.05, 3.63) is 42.2 Å². The second-order valence-electron chi connectivity index (χ2n) is 4.17. The summed E-state index contributed by atoms with van der Waals surface area (Å²) in [5.41, 5.74) is 1.40. The standard InChI is InChI=1S/C13H12N3O/c17-13(15-10-6-7-10)11-8-14-12(16-11)9-4-2-1-3-5-9/h2-5,8,10H,6-7H2,(H,14,16)(H,15,17). The summed E-state index contributed by atoms with van der Waals surface area (Å²) < 4.78 is 0. The molecule has 1 aromatic carbocycles. The molecule has 3 rings (SSSR count). The lowest BCUT2D eigenvalue weighted by atomic mass is 10.2. The van der Waals surface area contributed by atoms with Crippen LogP contribution in [0.25, 0.3) is 11.4 Å². The Morgan fingerprint density at radius 3 is 2.88 bits per heavy atom. The predicted octanol–water partition coefficient (Wildman–Crippen LogP) is 1.77. The second kappa shape index (κ2) is 4.05. The van der Waals surface area contributed by atoms with Crippen LogP contribution < -0.4 is 5.32 Å². The summed E-state index contributed by atoms with van der Waals surface area (Å²) in [7, 11) is 0. The molecular formula is C13H12N3O. The molecule has 1 heterocycles. The number of imidazole rings is 1. The molecule has 0 aliphatic heterocycles. The van der Waals surface area contributed by atoms with E-state index in [2.05, 4.69) is 21.4 Å². The summed E-state index contributed by atoms with van der Waals surface area (Å²) >= 11 is 0. The van der Waals surface area contributed by atoms with E-state index in [1.807, 2.05) is 24.3 Å². The average Bonchev–Trinajstić information content (AvgIpc) is 3.04. The number of amides is 1. The van der Waals surface area contributed by atoms with Gasteiger partial charge < -0.3 is 10.3 Å². The number of hydrogen-bond donors (Lipinski definition) is 2. The third-order valence-corrected chi connectivity index (χ3v) is 2.71. The molecule has 17 heavy (non-hydrogen) atoms. The third kappa shape index (κ3) is 2.20. The number of carbonyl (C=O) groups excluding carboxylic acids is 1. The van der Waals surface area contributed by atoms with Gasteiger partial charge in [0, 0.05) is 17.8 Å². The van der Waals surface area contributed by atoms with Gasteiger partial charge in [0.1, 0.15) is 11.5 Å². The van der Waals surface area contributed by atoms with Crippen molar-refractivity contribution in [3.8, 4) is 11.4 Å². The van der Waals surface area contributed by atoms with Crippen molar-refractivity contribution in [3.63, 3.8) is 0 Å². The number of carbonyl (C=O) groups is 1. The van der Waals surface area contributed by atoms with Crippen molar-refractivity contribution < 1.29 is 4.79 Å². The van der Waals surface area contributed by atoms with Crippen LogP contribution in [0.3, 0.4) is 0 Å². The van der Waals surface area contributed by atoms with Gasteiger partial charge in [-0.05, 0) is 18.9 Å². The molecule has 1 radical (unpaired) electrons. The number of nitrogens with one attached hydrogen (secondary N) is 2. The Balaban J connectivity index is 1.80. The molecule has 1 aliphatic rings. The summed E-state index contributed by atoms with van der Waals surface area (Å²) in [4.78, 5) is 19.0. The second-order valence-corrected chi connectivity index (χ2v) is 4.17. The van der Waals surface area contributed by atoms with Crippen LogP contribution in [0.15, 0.2) is 30.5 Å². The molecule has 0 atom stereocenters. The van der Waals surface area contributed by atoms with Gasteiger partial charge in [0.05, 0.1) is 0 Å². The smallest absolute Gasteiger partial charge is 0.271 e. The zero-order valence-corrected chi connectivity index (χ0v) is 9.23. The highest BCUT2D eigenvalue weighted by molar-refractivity contribution is 5.93. The highest BCUT2D eigenvalue weighted by Crippen LogP contribution is 2.20. The van der Waals surface area contributed by atoms with Crippen LogP contribution in [-0.4, -0.2) is 21.9 Å². The van der Waals surface area contributed by atoms with Gasteiger partial charge in [-0.3, -0.25) is 4.79 Å². The number of aromatic nitrogens is 2. The zero-order valence-electron chi connectivity index (χ0n) is 9.23. The van der Waals surface area contributed by atoms with Gasteiger partial charge >= 0.3 is 0 Å². The SMILES string of the molecule is O=C(NC1CC1)c1c[nH]c(-c2cc[c]cc2)n1. The summed E-state index contributed by atoms with van der Waals surface area (Å²) in [6, 6.07) is 10.8. The minimum atomic E-state index is -0.0995. The lowest BCUT2D eigenvalue weighted by molar-refractivity contribution is 0.0946. The monoisotopic (exact) mass is 226 g/mol. The molecule has 0 spiro atoms. The van der Waals surface area contributed by atoms with E-state index in [1.165, 1.54) is 0 Å². The first kappa shape index (κ1) is 10.1. The van der Waals surface area contributed by atoms with Crippen molar-refractivity contribution >= 4 is 5.91 Å². The van der Waals surface area contributed by atoms with Crippen molar-refractivity contribution in [1.29, 1.82) is 0 Å². The lowest BCUT2D eigenvalue weighted by Gasteiger charge is -1.98. The summed E-state index contributed by atoms with van der Waals surface area (Å²) in [6.45, 7) is 0. The van der Waals surface area contributed by atoms with E-state index in [0.717, 1.165) is 18.4 Å². The molecule has 1 amide bonds. The topological polar surface area (TPSA) is 57.8 Å². The fourth-order valence-electron chi connectivity index (χ4n) is 1.62. The van der Waals surface area contributed by atoms with E-state index < -0.39 is 0 Å². The highest BCUT2D eigenvalue weighted by Gasteiger charge is 2.24. The van der Waals surface area contributed by atoms with Crippen LogP contribution in [0.4, 0.5) is 0 Å². The lowest BCUT2D eigenvalue weighted by Crippen LogP contribution is -2.25. The van der Waals surface area contributed by atoms with E-state index in [4.69, 9.17) is 0 Å². The summed E-state index contributed by atoms with van der Waals surface area (Å²) in [5.74, 6) is 0.609. The number of H-pyrrole nitrogens is 1. The molecular weight excluding hydrogens is 214 g/mol. The molecule has 1 saturated carbocycles.